The predicted octanol–water partition coefficient (Wildman–Crippen LogP) is 5.78. The Hall–Kier alpha value is -5.11. The molecule has 1 aliphatic carbocycles. The number of carbonyl (C=O) groups excluding carboxylic acids is 1. The van der Waals surface area contributed by atoms with Gasteiger partial charge < -0.3 is 20.2 Å². The van der Waals surface area contributed by atoms with Crippen LogP contribution in [0.15, 0.2) is 84.6 Å². The molecule has 5 aromatic rings. The van der Waals surface area contributed by atoms with Crippen molar-refractivity contribution in [2.24, 2.45) is 0 Å². The van der Waals surface area contributed by atoms with Crippen LogP contribution in [0.5, 0.6) is 11.5 Å². The Labute approximate surface area is 225 Å². The summed E-state index contributed by atoms with van der Waals surface area (Å²) in [5.41, 5.74) is 14.1. The van der Waals surface area contributed by atoms with Crippen LogP contribution in [0.2, 0.25) is 0 Å². The van der Waals surface area contributed by atoms with Gasteiger partial charge in [0.2, 0.25) is 0 Å². The number of aromatic nitrogens is 4. The standard InChI is InChI=1S/C31H27N5O3/c1-18-34-28-13-8-22(16-29(28)35-18)36-31(32)27(17-33-36)30(37)21-14-25(19-4-9-23(38-2)10-5-19)26(15-21)20-6-11-24(39-3)12-7-20/h4-14,16-17H,15,32H2,1-3H3,(H,34,35). The molecule has 0 bridgehead atoms. The van der Waals surface area contributed by atoms with E-state index in [9.17, 15) is 4.79 Å². The number of imidazole rings is 1. The molecule has 0 fully saturated rings. The van der Waals surface area contributed by atoms with Crippen LogP contribution in [0, 0.1) is 6.92 Å². The SMILES string of the molecule is COc1ccc(C2=C(c3ccc(OC)cc3)CC(C(=O)c3cnn(-c4ccc5nc(C)[nH]c5c4)c3N)=C2)cc1. The van der Waals surface area contributed by atoms with E-state index in [4.69, 9.17) is 15.2 Å². The summed E-state index contributed by atoms with van der Waals surface area (Å²) in [6.07, 6.45) is 3.97. The number of fused-ring (bicyclic) bond motifs is 1. The number of nitrogens with one attached hydrogen (secondary N) is 1. The molecular formula is C31H27N5O3. The van der Waals surface area contributed by atoms with Crippen molar-refractivity contribution in [3.8, 4) is 17.2 Å². The molecule has 3 N–H and O–H groups in total. The summed E-state index contributed by atoms with van der Waals surface area (Å²) < 4.78 is 12.3. The van der Waals surface area contributed by atoms with Crippen molar-refractivity contribution in [1.29, 1.82) is 0 Å². The van der Waals surface area contributed by atoms with Gasteiger partial charge in [-0.05, 0) is 77.7 Å². The van der Waals surface area contributed by atoms with Gasteiger partial charge in [0, 0.05) is 12.0 Å². The van der Waals surface area contributed by atoms with Crippen molar-refractivity contribution in [3.63, 3.8) is 0 Å². The third-order valence-electron chi connectivity index (χ3n) is 7.02. The maximum absolute atomic E-state index is 13.8. The largest absolute Gasteiger partial charge is 0.497 e. The number of Topliss-reactive ketones (excluding diaryl/α,β-unsaturated/α-hetero) is 1. The quantitative estimate of drug-likeness (QED) is 0.265. The summed E-state index contributed by atoms with van der Waals surface area (Å²) in [7, 11) is 3.28. The van der Waals surface area contributed by atoms with E-state index in [1.807, 2.05) is 79.7 Å². The van der Waals surface area contributed by atoms with E-state index in [2.05, 4.69) is 15.1 Å². The number of hydrogen-bond donors (Lipinski definition) is 2. The van der Waals surface area contributed by atoms with E-state index in [0.29, 0.717) is 23.4 Å². The Bertz CT molecular complexity index is 1770. The van der Waals surface area contributed by atoms with Gasteiger partial charge in [0.25, 0.3) is 0 Å². The minimum absolute atomic E-state index is 0.147. The molecule has 8 heteroatoms. The number of nitrogens with two attached hydrogens (primary N) is 1. The van der Waals surface area contributed by atoms with Crippen molar-refractivity contribution in [2.45, 2.75) is 13.3 Å². The molecule has 0 saturated carbocycles. The van der Waals surface area contributed by atoms with E-state index >= 15 is 0 Å². The van der Waals surface area contributed by atoms with Crippen LogP contribution < -0.4 is 15.2 Å². The van der Waals surface area contributed by atoms with Crippen LogP contribution in [-0.2, 0) is 0 Å². The minimum Gasteiger partial charge on any atom is -0.497 e. The highest BCUT2D eigenvalue weighted by atomic mass is 16.5. The van der Waals surface area contributed by atoms with Gasteiger partial charge in [-0.2, -0.15) is 5.10 Å². The number of H-pyrrole nitrogens is 1. The van der Waals surface area contributed by atoms with Gasteiger partial charge in [0.05, 0.1) is 42.7 Å². The van der Waals surface area contributed by atoms with Crippen molar-refractivity contribution in [2.75, 3.05) is 20.0 Å². The Kier molecular flexibility index (Phi) is 5.99. The number of aromatic amines is 1. The zero-order chi connectivity index (χ0) is 27.1. The molecule has 6 rings (SSSR count). The second kappa shape index (κ2) is 9.64. The van der Waals surface area contributed by atoms with E-state index < -0.39 is 0 Å². The number of nitrogen functional groups attached to an aromatic ring is 1. The van der Waals surface area contributed by atoms with E-state index in [1.54, 1.807) is 25.1 Å². The first-order chi connectivity index (χ1) is 18.9. The third kappa shape index (κ3) is 4.35. The molecule has 0 saturated heterocycles. The van der Waals surface area contributed by atoms with Crippen LogP contribution in [0.25, 0.3) is 27.9 Å². The summed E-state index contributed by atoms with van der Waals surface area (Å²) in [5, 5.41) is 4.45. The first kappa shape index (κ1) is 24.2. The van der Waals surface area contributed by atoms with Crippen LogP contribution >= 0.6 is 0 Å². The summed E-state index contributed by atoms with van der Waals surface area (Å²) in [5.74, 6) is 2.52. The summed E-state index contributed by atoms with van der Waals surface area (Å²) in [4.78, 5) is 21.5. The molecule has 0 radical (unpaired) electrons. The van der Waals surface area contributed by atoms with Crippen LogP contribution in [-0.4, -0.2) is 39.8 Å². The number of carbonyl (C=O) groups is 1. The second-order valence-electron chi connectivity index (χ2n) is 9.40. The number of nitrogens with zero attached hydrogens (tertiary/aromatic N) is 3. The maximum Gasteiger partial charge on any atom is 0.194 e. The molecule has 39 heavy (non-hydrogen) atoms. The highest BCUT2D eigenvalue weighted by Gasteiger charge is 2.27. The lowest BCUT2D eigenvalue weighted by Gasteiger charge is -2.10. The number of ketones is 1. The number of hydrogen-bond acceptors (Lipinski definition) is 6. The van der Waals surface area contributed by atoms with E-state index in [-0.39, 0.29) is 5.78 Å². The van der Waals surface area contributed by atoms with Gasteiger partial charge in [-0.25, -0.2) is 9.67 Å². The summed E-state index contributed by atoms with van der Waals surface area (Å²) in [6.45, 7) is 1.91. The predicted molar refractivity (Wildman–Crippen MR) is 152 cm³/mol. The Morgan fingerprint density at radius 2 is 1.62 bits per heavy atom. The van der Waals surface area contributed by atoms with Gasteiger partial charge in [0.15, 0.2) is 5.78 Å². The Balaban J connectivity index is 1.35. The average Bonchev–Trinajstić information content (AvgIpc) is 3.68. The van der Waals surface area contributed by atoms with Crippen molar-refractivity contribution < 1.29 is 14.3 Å². The number of ether oxygens (including phenoxy) is 2. The van der Waals surface area contributed by atoms with Crippen molar-refractivity contribution in [1.82, 2.24) is 19.7 Å². The molecule has 0 amide bonds. The molecule has 1 aliphatic rings. The van der Waals surface area contributed by atoms with E-state index in [1.165, 1.54) is 0 Å². The fourth-order valence-electron chi connectivity index (χ4n) is 4.99. The molecule has 0 unspecified atom stereocenters. The Morgan fingerprint density at radius 1 is 0.949 bits per heavy atom. The summed E-state index contributed by atoms with van der Waals surface area (Å²) in [6, 6.07) is 21.4. The molecular weight excluding hydrogens is 490 g/mol. The molecule has 2 aromatic heterocycles. The molecule has 194 valence electrons. The number of anilines is 1. The number of allylic oxidation sites excluding steroid dienone is 4. The van der Waals surface area contributed by atoms with Gasteiger partial charge in [0.1, 0.15) is 23.1 Å². The topological polar surface area (TPSA) is 108 Å². The molecule has 2 heterocycles. The van der Waals surface area contributed by atoms with Gasteiger partial charge in [-0.15, -0.1) is 0 Å². The number of benzene rings is 3. The fourth-order valence-corrected chi connectivity index (χ4v) is 4.99. The highest BCUT2D eigenvalue weighted by molar-refractivity contribution is 6.17. The number of methoxy groups -OCH3 is 2. The van der Waals surface area contributed by atoms with Crippen molar-refractivity contribution in [3.05, 3.63) is 107 Å². The smallest absolute Gasteiger partial charge is 0.194 e. The lowest BCUT2D eigenvalue weighted by Crippen LogP contribution is -2.08. The van der Waals surface area contributed by atoms with Crippen LogP contribution in [0.3, 0.4) is 0 Å². The number of rotatable bonds is 7. The molecule has 0 spiro atoms. The zero-order valence-electron chi connectivity index (χ0n) is 21.9. The fraction of sp³-hybridized carbons (Fsp3) is 0.129. The van der Waals surface area contributed by atoms with Gasteiger partial charge >= 0.3 is 0 Å². The summed E-state index contributed by atoms with van der Waals surface area (Å²) >= 11 is 0. The zero-order valence-corrected chi connectivity index (χ0v) is 21.9. The molecule has 0 aliphatic heterocycles. The van der Waals surface area contributed by atoms with Gasteiger partial charge in [-0.3, -0.25) is 4.79 Å². The molecule has 8 nitrogen and oxygen atoms in total. The first-order valence-electron chi connectivity index (χ1n) is 12.5. The normalized spacial score (nSPS) is 13.2. The monoisotopic (exact) mass is 517 g/mol. The van der Waals surface area contributed by atoms with Crippen molar-refractivity contribution >= 4 is 33.8 Å². The Morgan fingerprint density at radius 3 is 2.28 bits per heavy atom. The first-order valence-corrected chi connectivity index (χ1v) is 12.5. The molecule has 0 atom stereocenters. The minimum atomic E-state index is -0.147. The van der Waals surface area contributed by atoms with E-state index in [0.717, 1.165) is 56.3 Å². The van der Waals surface area contributed by atoms with Crippen LogP contribution in [0.1, 0.15) is 33.7 Å². The molecule has 3 aromatic carbocycles. The highest BCUT2D eigenvalue weighted by Crippen LogP contribution is 2.41. The lowest BCUT2D eigenvalue weighted by atomic mass is 9.95. The second-order valence-corrected chi connectivity index (χ2v) is 9.40. The average molecular weight is 518 g/mol. The number of aryl methyl sites for hydroxylation is 1. The van der Waals surface area contributed by atoms with Gasteiger partial charge in [-0.1, -0.05) is 24.3 Å². The lowest BCUT2D eigenvalue weighted by molar-refractivity contribution is 0.103. The third-order valence-corrected chi connectivity index (χ3v) is 7.02. The van der Waals surface area contributed by atoms with Crippen LogP contribution in [0.4, 0.5) is 5.82 Å². The maximum atomic E-state index is 13.8.